The highest BCUT2D eigenvalue weighted by Crippen LogP contribution is 2.32. The first-order valence-corrected chi connectivity index (χ1v) is 9.20. The zero-order valence-corrected chi connectivity index (χ0v) is 14.6. The van der Waals surface area contributed by atoms with Gasteiger partial charge in [-0.25, -0.2) is 0 Å². The van der Waals surface area contributed by atoms with Crippen molar-refractivity contribution in [2.75, 3.05) is 18.1 Å². The van der Waals surface area contributed by atoms with Crippen molar-refractivity contribution in [2.45, 2.75) is 38.5 Å². The highest BCUT2D eigenvalue weighted by molar-refractivity contribution is 7.99. The fourth-order valence-electron chi connectivity index (χ4n) is 2.75. The standard InChI is InChI=1S/C17H23F3N2OS/c1-11(2)16(12-4-3-5-13(8-12)17(18,19)20)22-15(23)9-14-10-24-7-6-21-14/h3-5,8,11,14,16,21H,6-7,9-10H2,1-2H3,(H,22,23). The molecule has 2 rings (SSSR count). The van der Waals surface area contributed by atoms with Gasteiger partial charge in [-0.05, 0) is 23.6 Å². The molecule has 1 fully saturated rings. The second kappa shape index (κ2) is 8.25. The molecule has 24 heavy (non-hydrogen) atoms. The maximum absolute atomic E-state index is 12.9. The molecule has 0 aliphatic carbocycles. The van der Waals surface area contributed by atoms with E-state index in [2.05, 4.69) is 10.6 Å². The van der Waals surface area contributed by atoms with Crippen LogP contribution in [-0.4, -0.2) is 30.0 Å². The number of hydrogen-bond acceptors (Lipinski definition) is 3. The Morgan fingerprint density at radius 1 is 1.42 bits per heavy atom. The summed E-state index contributed by atoms with van der Waals surface area (Å²) in [7, 11) is 0. The number of hydrogen-bond donors (Lipinski definition) is 2. The minimum Gasteiger partial charge on any atom is -0.349 e. The summed E-state index contributed by atoms with van der Waals surface area (Å²) in [4.78, 5) is 12.3. The Morgan fingerprint density at radius 2 is 2.17 bits per heavy atom. The van der Waals surface area contributed by atoms with Gasteiger partial charge in [-0.3, -0.25) is 4.79 Å². The SMILES string of the molecule is CC(C)C(NC(=O)CC1CSCCN1)c1cccc(C(F)(F)F)c1. The number of carbonyl (C=O) groups is 1. The third-order valence-corrected chi connectivity index (χ3v) is 5.12. The van der Waals surface area contributed by atoms with E-state index in [1.165, 1.54) is 6.07 Å². The van der Waals surface area contributed by atoms with E-state index in [-0.39, 0.29) is 17.9 Å². The Hall–Kier alpha value is -1.21. The van der Waals surface area contributed by atoms with Crippen molar-refractivity contribution in [3.05, 3.63) is 35.4 Å². The summed E-state index contributed by atoms with van der Waals surface area (Å²) < 4.78 is 38.7. The van der Waals surface area contributed by atoms with Gasteiger partial charge in [0.05, 0.1) is 11.6 Å². The van der Waals surface area contributed by atoms with E-state index >= 15 is 0 Å². The average molecular weight is 360 g/mol. The van der Waals surface area contributed by atoms with Gasteiger partial charge in [0.2, 0.25) is 5.91 Å². The van der Waals surface area contributed by atoms with Gasteiger partial charge >= 0.3 is 6.18 Å². The second-order valence-electron chi connectivity index (χ2n) is 6.34. The van der Waals surface area contributed by atoms with Gasteiger partial charge in [0.15, 0.2) is 0 Å². The molecule has 0 saturated carbocycles. The van der Waals surface area contributed by atoms with Crippen LogP contribution in [0.25, 0.3) is 0 Å². The molecule has 2 unspecified atom stereocenters. The molecule has 2 atom stereocenters. The number of alkyl halides is 3. The Kier molecular flexibility index (Phi) is 6.57. The molecule has 3 nitrogen and oxygen atoms in total. The van der Waals surface area contributed by atoms with Gasteiger partial charge in [0, 0.05) is 30.5 Å². The first kappa shape index (κ1) is 19.1. The number of halogens is 3. The lowest BCUT2D eigenvalue weighted by Gasteiger charge is -2.26. The summed E-state index contributed by atoms with van der Waals surface area (Å²) >= 11 is 1.80. The first-order chi connectivity index (χ1) is 11.3. The number of benzene rings is 1. The number of nitrogens with one attached hydrogen (secondary N) is 2. The van der Waals surface area contributed by atoms with Crippen molar-refractivity contribution in [1.29, 1.82) is 0 Å². The second-order valence-corrected chi connectivity index (χ2v) is 7.49. The number of amides is 1. The predicted octanol–water partition coefficient (Wildman–Crippen LogP) is 3.61. The molecule has 1 aliphatic heterocycles. The van der Waals surface area contributed by atoms with Gasteiger partial charge in [-0.15, -0.1) is 0 Å². The third kappa shape index (κ3) is 5.41. The molecule has 0 bridgehead atoms. The van der Waals surface area contributed by atoms with Crippen LogP contribution in [0, 0.1) is 5.92 Å². The zero-order valence-electron chi connectivity index (χ0n) is 13.8. The molecule has 1 saturated heterocycles. The first-order valence-electron chi connectivity index (χ1n) is 8.05. The topological polar surface area (TPSA) is 41.1 Å². The lowest BCUT2D eigenvalue weighted by atomic mass is 9.94. The van der Waals surface area contributed by atoms with Crippen LogP contribution >= 0.6 is 11.8 Å². The van der Waals surface area contributed by atoms with E-state index in [4.69, 9.17) is 0 Å². The summed E-state index contributed by atoms with van der Waals surface area (Å²) in [6.07, 6.45) is -4.04. The van der Waals surface area contributed by atoms with Crippen LogP contribution in [0.2, 0.25) is 0 Å². The van der Waals surface area contributed by atoms with Crippen LogP contribution in [0.1, 0.15) is 37.4 Å². The largest absolute Gasteiger partial charge is 0.416 e. The van der Waals surface area contributed by atoms with Gasteiger partial charge < -0.3 is 10.6 Å². The van der Waals surface area contributed by atoms with E-state index < -0.39 is 17.8 Å². The third-order valence-electron chi connectivity index (χ3n) is 3.99. The van der Waals surface area contributed by atoms with E-state index in [9.17, 15) is 18.0 Å². The van der Waals surface area contributed by atoms with Gasteiger partial charge in [0.25, 0.3) is 0 Å². The quantitative estimate of drug-likeness (QED) is 0.843. The molecule has 1 amide bonds. The van der Waals surface area contributed by atoms with Gasteiger partial charge in [-0.1, -0.05) is 26.0 Å². The molecule has 1 heterocycles. The summed E-state index contributed by atoms with van der Waals surface area (Å²) in [5, 5.41) is 6.19. The molecule has 1 aliphatic rings. The van der Waals surface area contributed by atoms with Crippen molar-refractivity contribution in [1.82, 2.24) is 10.6 Å². The molecule has 0 spiro atoms. The van der Waals surface area contributed by atoms with Crippen LogP contribution in [0.15, 0.2) is 24.3 Å². The molecular formula is C17H23F3N2OS. The fraction of sp³-hybridized carbons (Fsp3) is 0.588. The Labute approximate surface area is 144 Å². The summed E-state index contributed by atoms with van der Waals surface area (Å²) in [6.45, 7) is 4.66. The van der Waals surface area contributed by atoms with E-state index in [0.717, 1.165) is 30.2 Å². The monoisotopic (exact) mass is 360 g/mol. The minimum absolute atomic E-state index is 0.00822. The molecule has 7 heteroatoms. The molecular weight excluding hydrogens is 337 g/mol. The van der Waals surface area contributed by atoms with E-state index in [0.29, 0.717) is 12.0 Å². The smallest absolute Gasteiger partial charge is 0.349 e. The van der Waals surface area contributed by atoms with Crippen molar-refractivity contribution >= 4 is 17.7 Å². The Bertz CT molecular complexity index is 557. The van der Waals surface area contributed by atoms with Crippen LogP contribution in [-0.2, 0) is 11.0 Å². The summed E-state index contributed by atoms with van der Waals surface area (Å²) in [5.74, 6) is 1.78. The van der Waals surface area contributed by atoms with Crippen molar-refractivity contribution in [2.24, 2.45) is 5.92 Å². The maximum Gasteiger partial charge on any atom is 0.416 e. The van der Waals surface area contributed by atoms with E-state index in [1.807, 2.05) is 13.8 Å². The predicted molar refractivity (Wildman–Crippen MR) is 90.9 cm³/mol. The summed E-state index contributed by atoms with van der Waals surface area (Å²) in [6, 6.07) is 4.88. The van der Waals surface area contributed by atoms with Crippen molar-refractivity contribution < 1.29 is 18.0 Å². The minimum atomic E-state index is -4.38. The van der Waals surface area contributed by atoms with Gasteiger partial charge in [0.1, 0.15) is 0 Å². The Balaban J connectivity index is 2.07. The average Bonchev–Trinajstić information content (AvgIpc) is 2.52. The molecule has 1 aromatic carbocycles. The van der Waals surface area contributed by atoms with Gasteiger partial charge in [-0.2, -0.15) is 24.9 Å². The molecule has 0 aromatic heterocycles. The van der Waals surface area contributed by atoms with Crippen molar-refractivity contribution in [3.8, 4) is 0 Å². The fourth-order valence-corrected chi connectivity index (χ4v) is 3.70. The molecule has 134 valence electrons. The number of carbonyl (C=O) groups excluding carboxylic acids is 1. The van der Waals surface area contributed by atoms with Crippen LogP contribution in [0.3, 0.4) is 0 Å². The lowest BCUT2D eigenvalue weighted by molar-refractivity contribution is -0.137. The molecule has 0 radical (unpaired) electrons. The number of rotatable bonds is 5. The summed E-state index contributed by atoms with van der Waals surface area (Å²) in [5.41, 5.74) is -0.204. The maximum atomic E-state index is 12.9. The molecule has 2 N–H and O–H groups in total. The van der Waals surface area contributed by atoms with Crippen LogP contribution in [0.4, 0.5) is 13.2 Å². The zero-order chi connectivity index (χ0) is 17.7. The Morgan fingerprint density at radius 3 is 2.75 bits per heavy atom. The van der Waals surface area contributed by atoms with Crippen molar-refractivity contribution in [3.63, 3.8) is 0 Å². The number of thioether (sulfide) groups is 1. The highest BCUT2D eigenvalue weighted by Gasteiger charge is 2.31. The van der Waals surface area contributed by atoms with Crippen LogP contribution < -0.4 is 10.6 Å². The van der Waals surface area contributed by atoms with Crippen LogP contribution in [0.5, 0.6) is 0 Å². The highest BCUT2D eigenvalue weighted by atomic mass is 32.2. The lowest BCUT2D eigenvalue weighted by Crippen LogP contribution is -2.42. The van der Waals surface area contributed by atoms with E-state index in [1.54, 1.807) is 17.8 Å². The molecule has 1 aromatic rings. The normalized spacial score (nSPS) is 20.0.